The predicted octanol–water partition coefficient (Wildman–Crippen LogP) is 1.32. The van der Waals surface area contributed by atoms with Gasteiger partial charge < -0.3 is 5.73 Å². The first-order valence-electron chi connectivity index (χ1n) is 4.54. The summed E-state index contributed by atoms with van der Waals surface area (Å²) in [5, 5.41) is 8.71. The van der Waals surface area contributed by atoms with E-state index in [9.17, 15) is 8.42 Å². The molecule has 0 aromatic heterocycles. The fourth-order valence-corrected chi connectivity index (χ4v) is 2.78. The number of hydrogen-bond acceptors (Lipinski definition) is 4. The molecule has 1 aromatic rings. The monoisotopic (exact) mass is 224 g/mol. The van der Waals surface area contributed by atoms with Crippen LogP contribution in [0.15, 0.2) is 23.1 Å². The van der Waals surface area contributed by atoms with Gasteiger partial charge in [0.2, 0.25) is 0 Å². The molecule has 0 aliphatic carbocycles. The van der Waals surface area contributed by atoms with Gasteiger partial charge in [0.25, 0.3) is 0 Å². The third kappa shape index (κ3) is 2.28. The van der Waals surface area contributed by atoms with E-state index in [4.69, 9.17) is 11.0 Å². The van der Waals surface area contributed by atoms with Crippen LogP contribution in [0.2, 0.25) is 0 Å². The van der Waals surface area contributed by atoms with Crippen LogP contribution in [0.5, 0.6) is 0 Å². The third-order valence-electron chi connectivity index (χ3n) is 1.99. The molecule has 80 valence electrons. The number of anilines is 1. The normalized spacial score (nSPS) is 10.9. The molecule has 0 atom stereocenters. The van der Waals surface area contributed by atoms with Gasteiger partial charge in [-0.3, -0.25) is 0 Å². The molecule has 1 aromatic carbocycles. The van der Waals surface area contributed by atoms with Crippen molar-refractivity contribution in [2.75, 3.05) is 11.5 Å². The Morgan fingerprint density at radius 3 is 2.67 bits per heavy atom. The first kappa shape index (κ1) is 11.5. The molecule has 0 spiro atoms. The molecular weight excluding hydrogens is 212 g/mol. The molecule has 0 fully saturated rings. The number of nitriles is 1. The van der Waals surface area contributed by atoms with Crippen molar-refractivity contribution in [2.45, 2.75) is 18.2 Å². The minimum atomic E-state index is -3.35. The molecule has 0 radical (unpaired) electrons. The summed E-state index contributed by atoms with van der Waals surface area (Å²) in [6, 6.07) is 6.32. The van der Waals surface area contributed by atoms with Crippen LogP contribution in [-0.2, 0) is 9.84 Å². The van der Waals surface area contributed by atoms with Crippen molar-refractivity contribution in [3.8, 4) is 6.07 Å². The van der Waals surface area contributed by atoms with E-state index < -0.39 is 9.84 Å². The van der Waals surface area contributed by atoms with Crippen LogP contribution in [0, 0.1) is 11.3 Å². The predicted molar refractivity (Wildman–Crippen MR) is 57.9 cm³/mol. The fraction of sp³-hybridized carbons (Fsp3) is 0.300. The molecule has 0 saturated heterocycles. The van der Waals surface area contributed by atoms with E-state index in [2.05, 4.69) is 0 Å². The van der Waals surface area contributed by atoms with Crippen molar-refractivity contribution in [3.05, 3.63) is 23.8 Å². The Bertz CT molecular complexity index is 501. The van der Waals surface area contributed by atoms with Crippen molar-refractivity contribution >= 4 is 15.5 Å². The zero-order chi connectivity index (χ0) is 11.5. The lowest BCUT2D eigenvalue weighted by Crippen LogP contribution is -2.09. The highest BCUT2D eigenvalue weighted by Crippen LogP contribution is 2.23. The van der Waals surface area contributed by atoms with Gasteiger partial charge in [-0.05, 0) is 18.6 Å². The van der Waals surface area contributed by atoms with E-state index in [1.54, 1.807) is 6.92 Å². The molecule has 5 heteroatoms. The van der Waals surface area contributed by atoms with Gasteiger partial charge in [-0.1, -0.05) is 13.0 Å². The van der Waals surface area contributed by atoms with Crippen LogP contribution in [0.3, 0.4) is 0 Å². The second-order valence-electron chi connectivity index (χ2n) is 3.15. The summed E-state index contributed by atoms with van der Waals surface area (Å²) in [4.78, 5) is 0.0587. The summed E-state index contributed by atoms with van der Waals surface area (Å²) < 4.78 is 23.5. The van der Waals surface area contributed by atoms with Crippen molar-refractivity contribution in [3.63, 3.8) is 0 Å². The van der Waals surface area contributed by atoms with Crippen LogP contribution in [0.1, 0.15) is 18.9 Å². The van der Waals surface area contributed by atoms with E-state index >= 15 is 0 Å². The topological polar surface area (TPSA) is 84.0 Å². The Hall–Kier alpha value is -1.54. The number of hydrogen-bond donors (Lipinski definition) is 1. The average molecular weight is 224 g/mol. The summed E-state index contributed by atoms with van der Waals surface area (Å²) >= 11 is 0. The van der Waals surface area contributed by atoms with Gasteiger partial charge in [0, 0.05) is 0 Å². The Morgan fingerprint density at radius 1 is 1.47 bits per heavy atom. The lowest BCUT2D eigenvalue weighted by Gasteiger charge is -2.06. The number of nitrogens with two attached hydrogens (primary N) is 1. The van der Waals surface area contributed by atoms with Gasteiger partial charge in [-0.2, -0.15) is 5.26 Å². The number of para-hydroxylation sites is 1. The Kier molecular flexibility index (Phi) is 3.32. The van der Waals surface area contributed by atoms with Gasteiger partial charge in [0.15, 0.2) is 9.84 Å². The average Bonchev–Trinajstić information content (AvgIpc) is 2.17. The molecule has 4 nitrogen and oxygen atoms in total. The number of nitrogens with zero attached hydrogens (tertiary/aromatic N) is 1. The van der Waals surface area contributed by atoms with Crippen molar-refractivity contribution in [1.82, 2.24) is 0 Å². The van der Waals surface area contributed by atoms with Gasteiger partial charge >= 0.3 is 0 Å². The maximum absolute atomic E-state index is 11.7. The lowest BCUT2D eigenvalue weighted by molar-refractivity contribution is 0.595. The SMILES string of the molecule is CCCS(=O)(=O)c1cccc(C#N)c1N. The minimum Gasteiger partial charge on any atom is -0.397 e. The van der Waals surface area contributed by atoms with Gasteiger partial charge in [-0.15, -0.1) is 0 Å². The quantitative estimate of drug-likeness (QED) is 0.785. The highest BCUT2D eigenvalue weighted by Gasteiger charge is 2.17. The Labute approximate surface area is 89.2 Å². The van der Waals surface area contributed by atoms with Crippen molar-refractivity contribution in [2.24, 2.45) is 0 Å². The molecule has 0 aliphatic heterocycles. The second-order valence-corrected chi connectivity index (χ2v) is 5.23. The number of nitrogen functional groups attached to an aromatic ring is 1. The molecule has 2 N–H and O–H groups in total. The highest BCUT2D eigenvalue weighted by molar-refractivity contribution is 7.91. The second kappa shape index (κ2) is 4.32. The largest absolute Gasteiger partial charge is 0.397 e. The third-order valence-corrected chi connectivity index (χ3v) is 3.97. The maximum atomic E-state index is 11.7. The number of benzene rings is 1. The van der Waals surface area contributed by atoms with E-state index in [1.165, 1.54) is 18.2 Å². The standard InChI is InChI=1S/C10H12N2O2S/c1-2-6-15(13,14)9-5-3-4-8(7-11)10(9)12/h3-5H,2,6,12H2,1H3. The van der Waals surface area contributed by atoms with Crippen molar-refractivity contribution < 1.29 is 8.42 Å². The Balaban J connectivity index is 3.35. The van der Waals surface area contributed by atoms with Crippen LogP contribution >= 0.6 is 0 Å². The molecule has 0 heterocycles. The van der Waals surface area contributed by atoms with Gasteiger partial charge in [-0.25, -0.2) is 8.42 Å². The van der Waals surface area contributed by atoms with Gasteiger partial charge in [0.1, 0.15) is 6.07 Å². The van der Waals surface area contributed by atoms with Crippen LogP contribution in [0.25, 0.3) is 0 Å². The molecule has 0 saturated carbocycles. The molecule has 0 unspecified atom stereocenters. The summed E-state index contributed by atoms with van der Waals surface area (Å²) in [5.41, 5.74) is 5.86. The zero-order valence-corrected chi connectivity index (χ0v) is 9.21. The van der Waals surface area contributed by atoms with E-state index in [0.717, 1.165) is 0 Å². The zero-order valence-electron chi connectivity index (χ0n) is 8.40. The molecular formula is C10H12N2O2S. The fourth-order valence-electron chi connectivity index (χ4n) is 1.29. The van der Waals surface area contributed by atoms with E-state index in [1.807, 2.05) is 6.07 Å². The summed E-state index contributed by atoms with van der Waals surface area (Å²) in [7, 11) is -3.35. The van der Waals surface area contributed by atoms with Gasteiger partial charge in [0.05, 0.1) is 21.9 Å². The van der Waals surface area contributed by atoms with Crippen molar-refractivity contribution in [1.29, 1.82) is 5.26 Å². The van der Waals surface area contributed by atoms with Crippen LogP contribution < -0.4 is 5.73 Å². The maximum Gasteiger partial charge on any atom is 0.180 e. The summed E-state index contributed by atoms with van der Waals surface area (Å²) in [6.07, 6.45) is 0.526. The smallest absolute Gasteiger partial charge is 0.180 e. The van der Waals surface area contributed by atoms with E-state index in [0.29, 0.717) is 6.42 Å². The van der Waals surface area contributed by atoms with Crippen LogP contribution in [-0.4, -0.2) is 14.2 Å². The number of rotatable bonds is 3. The minimum absolute atomic E-state index is 0.0477. The molecule has 0 amide bonds. The summed E-state index contributed by atoms with van der Waals surface area (Å²) in [6.45, 7) is 1.78. The van der Waals surface area contributed by atoms with E-state index in [-0.39, 0.29) is 21.9 Å². The molecule has 1 rings (SSSR count). The number of sulfone groups is 1. The lowest BCUT2D eigenvalue weighted by atomic mass is 10.2. The summed E-state index contributed by atoms with van der Waals surface area (Å²) in [5.74, 6) is 0.0477. The first-order valence-corrected chi connectivity index (χ1v) is 6.19. The highest BCUT2D eigenvalue weighted by atomic mass is 32.2. The first-order chi connectivity index (χ1) is 7.03. The van der Waals surface area contributed by atoms with Crippen LogP contribution in [0.4, 0.5) is 5.69 Å². The molecule has 15 heavy (non-hydrogen) atoms. The Morgan fingerprint density at radius 2 is 2.13 bits per heavy atom. The molecule has 0 aliphatic rings. The molecule has 0 bridgehead atoms.